The van der Waals surface area contributed by atoms with E-state index in [1.807, 2.05) is 0 Å². The lowest BCUT2D eigenvalue weighted by molar-refractivity contribution is 0.139. The van der Waals surface area contributed by atoms with Crippen LogP contribution in [0.15, 0.2) is 22.7 Å². The van der Waals surface area contributed by atoms with Crippen molar-refractivity contribution in [3.63, 3.8) is 0 Å². The van der Waals surface area contributed by atoms with Crippen molar-refractivity contribution in [1.29, 1.82) is 0 Å². The number of halogens is 1. The first-order valence-electron chi connectivity index (χ1n) is 6.38. The molecule has 4 heteroatoms. The number of hydrogen-bond acceptors (Lipinski definition) is 3. The predicted octanol–water partition coefficient (Wildman–Crippen LogP) is 2.44. The van der Waals surface area contributed by atoms with Gasteiger partial charge in [-0.05, 0) is 44.7 Å². The minimum Gasteiger partial charge on any atom is -0.368 e. The molecule has 18 heavy (non-hydrogen) atoms. The minimum absolute atomic E-state index is 0.212. The molecule has 0 amide bonds. The average Bonchev–Trinajstić information content (AvgIpc) is 2.31. The van der Waals surface area contributed by atoms with Gasteiger partial charge in [0.05, 0.1) is 0 Å². The van der Waals surface area contributed by atoms with Crippen LogP contribution in [-0.2, 0) is 6.54 Å². The molecule has 1 aromatic rings. The van der Waals surface area contributed by atoms with E-state index in [1.54, 1.807) is 0 Å². The van der Waals surface area contributed by atoms with Crippen molar-refractivity contribution < 1.29 is 0 Å². The van der Waals surface area contributed by atoms with Crippen molar-refractivity contribution in [3.8, 4) is 0 Å². The number of piperazine rings is 1. The van der Waals surface area contributed by atoms with E-state index < -0.39 is 0 Å². The second-order valence-corrected chi connectivity index (χ2v) is 6.59. The molecule has 2 rings (SSSR count). The summed E-state index contributed by atoms with van der Waals surface area (Å²) in [5.74, 6) is 0. The van der Waals surface area contributed by atoms with Gasteiger partial charge < -0.3 is 10.6 Å². The van der Waals surface area contributed by atoms with E-state index in [0.29, 0.717) is 6.54 Å². The van der Waals surface area contributed by atoms with Gasteiger partial charge in [-0.3, -0.25) is 4.90 Å². The van der Waals surface area contributed by atoms with Gasteiger partial charge in [0.1, 0.15) is 0 Å². The molecule has 0 aliphatic carbocycles. The van der Waals surface area contributed by atoms with Crippen LogP contribution in [0, 0.1) is 0 Å². The van der Waals surface area contributed by atoms with Gasteiger partial charge in [-0.1, -0.05) is 15.9 Å². The lowest BCUT2D eigenvalue weighted by Gasteiger charge is -2.46. The van der Waals surface area contributed by atoms with Gasteiger partial charge in [0.25, 0.3) is 0 Å². The van der Waals surface area contributed by atoms with Crippen molar-refractivity contribution >= 4 is 21.6 Å². The molecule has 2 N–H and O–H groups in total. The molecule has 100 valence electrons. The Hall–Kier alpha value is -0.580. The summed E-state index contributed by atoms with van der Waals surface area (Å²) in [7, 11) is 2.20. The molecule has 1 aromatic carbocycles. The maximum absolute atomic E-state index is 5.74. The topological polar surface area (TPSA) is 32.5 Å². The van der Waals surface area contributed by atoms with Gasteiger partial charge in [-0.15, -0.1) is 0 Å². The van der Waals surface area contributed by atoms with Crippen LogP contribution in [0.25, 0.3) is 0 Å². The highest BCUT2D eigenvalue weighted by Crippen LogP contribution is 2.27. The molecule has 3 nitrogen and oxygen atoms in total. The zero-order valence-corrected chi connectivity index (χ0v) is 13.0. The smallest absolute Gasteiger partial charge is 0.0381 e. The third-order valence-corrected chi connectivity index (χ3v) is 4.32. The molecule has 1 aliphatic rings. The quantitative estimate of drug-likeness (QED) is 0.910. The second kappa shape index (κ2) is 5.19. The highest BCUT2D eigenvalue weighted by Gasteiger charge is 2.31. The second-order valence-electron chi connectivity index (χ2n) is 5.68. The van der Waals surface area contributed by atoms with Crippen molar-refractivity contribution in [2.45, 2.75) is 25.9 Å². The SMILES string of the molecule is CN1CCN(c2cc(Br)cc(CN)c2)CC1(C)C. The van der Waals surface area contributed by atoms with Gasteiger partial charge in [0.2, 0.25) is 0 Å². The third kappa shape index (κ3) is 2.87. The highest BCUT2D eigenvalue weighted by molar-refractivity contribution is 9.10. The summed E-state index contributed by atoms with van der Waals surface area (Å²) in [6.07, 6.45) is 0. The minimum atomic E-state index is 0.212. The number of likely N-dealkylation sites (N-methyl/N-ethyl adjacent to an activating group) is 1. The summed E-state index contributed by atoms with van der Waals surface area (Å²) in [6.45, 7) is 8.38. The number of benzene rings is 1. The monoisotopic (exact) mass is 311 g/mol. The van der Waals surface area contributed by atoms with E-state index in [-0.39, 0.29) is 5.54 Å². The zero-order chi connectivity index (χ0) is 13.3. The van der Waals surface area contributed by atoms with E-state index in [1.165, 1.54) is 11.3 Å². The van der Waals surface area contributed by atoms with E-state index in [0.717, 1.165) is 24.1 Å². The largest absolute Gasteiger partial charge is 0.368 e. The zero-order valence-electron chi connectivity index (χ0n) is 11.4. The number of nitrogens with two attached hydrogens (primary N) is 1. The summed E-state index contributed by atoms with van der Waals surface area (Å²) >= 11 is 3.57. The van der Waals surface area contributed by atoms with Gasteiger partial charge in [-0.2, -0.15) is 0 Å². The molecule has 1 aliphatic heterocycles. The Morgan fingerprint density at radius 2 is 2.00 bits per heavy atom. The molecular weight excluding hydrogens is 290 g/mol. The first kappa shape index (κ1) is 13.8. The Morgan fingerprint density at radius 3 is 2.61 bits per heavy atom. The summed E-state index contributed by atoms with van der Waals surface area (Å²) in [5.41, 5.74) is 8.40. The fourth-order valence-corrected chi connectivity index (χ4v) is 2.92. The molecule has 0 atom stereocenters. The van der Waals surface area contributed by atoms with Gasteiger partial charge in [0.15, 0.2) is 0 Å². The van der Waals surface area contributed by atoms with Crippen LogP contribution in [0.3, 0.4) is 0 Å². The van der Waals surface area contributed by atoms with Crippen LogP contribution in [0.4, 0.5) is 5.69 Å². The van der Waals surface area contributed by atoms with Crippen LogP contribution in [-0.4, -0.2) is 37.1 Å². The van der Waals surface area contributed by atoms with Gasteiger partial charge >= 0.3 is 0 Å². The van der Waals surface area contributed by atoms with Crippen LogP contribution < -0.4 is 10.6 Å². The van der Waals surface area contributed by atoms with Crippen molar-refractivity contribution in [2.24, 2.45) is 5.73 Å². The Labute approximate surface area is 118 Å². The maximum atomic E-state index is 5.74. The molecule has 0 bridgehead atoms. The summed E-state index contributed by atoms with van der Waals surface area (Å²) in [4.78, 5) is 4.87. The third-order valence-electron chi connectivity index (χ3n) is 3.86. The Balaban J connectivity index is 2.24. The maximum Gasteiger partial charge on any atom is 0.0381 e. The standard InChI is InChI=1S/C14H22BrN3/c1-14(2)10-18(5-4-17(14)3)13-7-11(9-16)6-12(15)8-13/h6-8H,4-5,9-10,16H2,1-3H3. The molecule has 0 unspecified atom stereocenters. The summed E-state index contributed by atoms with van der Waals surface area (Å²) in [5, 5.41) is 0. The summed E-state index contributed by atoms with van der Waals surface area (Å²) < 4.78 is 1.11. The van der Waals surface area contributed by atoms with E-state index in [2.05, 4.69) is 64.8 Å². The first-order chi connectivity index (χ1) is 8.42. The lowest BCUT2D eigenvalue weighted by atomic mass is 9.99. The number of hydrogen-bond donors (Lipinski definition) is 1. The molecule has 1 saturated heterocycles. The average molecular weight is 312 g/mol. The van der Waals surface area contributed by atoms with Gasteiger partial charge in [-0.25, -0.2) is 0 Å². The summed E-state index contributed by atoms with van der Waals surface area (Å²) in [6, 6.07) is 6.47. The van der Waals surface area contributed by atoms with E-state index >= 15 is 0 Å². The van der Waals surface area contributed by atoms with Crippen LogP contribution in [0.1, 0.15) is 19.4 Å². The molecule has 0 radical (unpaired) electrons. The highest BCUT2D eigenvalue weighted by atomic mass is 79.9. The van der Waals surface area contributed by atoms with Gasteiger partial charge in [0, 0.05) is 41.9 Å². The van der Waals surface area contributed by atoms with Crippen LogP contribution in [0.2, 0.25) is 0 Å². The van der Waals surface area contributed by atoms with Crippen LogP contribution >= 0.6 is 15.9 Å². The molecule has 1 fully saturated rings. The van der Waals surface area contributed by atoms with Crippen molar-refractivity contribution in [1.82, 2.24) is 4.90 Å². The molecule has 0 spiro atoms. The number of rotatable bonds is 2. The molecular formula is C14H22BrN3. The first-order valence-corrected chi connectivity index (χ1v) is 7.17. The lowest BCUT2D eigenvalue weighted by Crippen LogP contribution is -2.57. The number of anilines is 1. The van der Waals surface area contributed by atoms with E-state index in [9.17, 15) is 0 Å². The normalized spacial score (nSPS) is 20.2. The molecule has 0 aromatic heterocycles. The molecule has 1 heterocycles. The van der Waals surface area contributed by atoms with Crippen LogP contribution in [0.5, 0.6) is 0 Å². The number of nitrogens with zero attached hydrogens (tertiary/aromatic N) is 2. The Bertz CT molecular complexity index is 431. The Morgan fingerprint density at radius 1 is 1.28 bits per heavy atom. The van der Waals surface area contributed by atoms with Crippen molar-refractivity contribution in [2.75, 3.05) is 31.6 Å². The fraction of sp³-hybridized carbons (Fsp3) is 0.571. The van der Waals surface area contributed by atoms with E-state index in [4.69, 9.17) is 5.73 Å². The Kier molecular flexibility index (Phi) is 3.99. The van der Waals surface area contributed by atoms with Crippen molar-refractivity contribution in [3.05, 3.63) is 28.2 Å². The predicted molar refractivity (Wildman–Crippen MR) is 81.0 cm³/mol. The molecule has 0 saturated carbocycles. The fourth-order valence-electron chi connectivity index (χ4n) is 2.39.